The highest BCUT2D eigenvalue weighted by atomic mass is 16.8. The van der Waals surface area contributed by atoms with Crippen LogP contribution in [0.15, 0.2) is 0 Å². The van der Waals surface area contributed by atoms with E-state index in [0.29, 0.717) is 6.61 Å². The second-order valence-electron chi connectivity index (χ2n) is 4.30. The quantitative estimate of drug-likeness (QED) is 0.691. The van der Waals surface area contributed by atoms with Crippen LogP contribution in [-0.2, 0) is 23.7 Å². The van der Waals surface area contributed by atoms with Crippen LogP contribution in [-0.4, -0.2) is 51.2 Å². The summed E-state index contributed by atoms with van der Waals surface area (Å²) in [6.45, 7) is 4.27. The Hall–Kier alpha value is -0.200. The van der Waals surface area contributed by atoms with E-state index in [1.54, 1.807) is 14.2 Å². The zero-order valence-electron chi connectivity index (χ0n) is 9.56. The maximum Gasteiger partial charge on any atom is 0.186 e. The Morgan fingerprint density at radius 2 is 1.80 bits per heavy atom. The fourth-order valence-electron chi connectivity index (χ4n) is 2.13. The SMILES string of the molecule is COC[C@H]1OC(OC)[C@@H]2OC(C)(C)O[C@H]12. The van der Waals surface area contributed by atoms with Crippen molar-refractivity contribution >= 4 is 0 Å². The Balaban J connectivity index is 2.08. The predicted molar refractivity (Wildman–Crippen MR) is 51.4 cm³/mol. The van der Waals surface area contributed by atoms with Gasteiger partial charge >= 0.3 is 0 Å². The lowest BCUT2D eigenvalue weighted by atomic mass is 10.1. The van der Waals surface area contributed by atoms with E-state index in [2.05, 4.69) is 0 Å². The molecule has 2 aliphatic rings. The smallest absolute Gasteiger partial charge is 0.186 e. The van der Waals surface area contributed by atoms with E-state index in [-0.39, 0.29) is 24.6 Å². The van der Waals surface area contributed by atoms with E-state index < -0.39 is 5.79 Å². The van der Waals surface area contributed by atoms with Gasteiger partial charge in [-0.05, 0) is 13.8 Å². The molecule has 2 aliphatic heterocycles. The van der Waals surface area contributed by atoms with Crippen LogP contribution in [0.3, 0.4) is 0 Å². The second kappa shape index (κ2) is 3.99. The van der Waals surface area contributed by atoms with Crippen LogP contribution >= 0.6 is 0 Å². The molecule has 88 valence electrons. The van der Waals surface area contributed by atoms with Gasteiger partial charge in [0.25, 0.3) is 0 Å². The van der Waals surface area contributed by atoms with Gasteiger partial charge in [-0.25, -0.2) is 0 Å². The number of ether oxygens (including phenoxy) is 5. The summed E-state index contributed by atoms with van der Waals surface area (Å²) < 4.78 is 27.4. The normalized spacial score (nSPS) is 43.2. The highest BCUT2D eigenvalue weighted by Gasteiger charge is 2.55. The monoisotopic (exact) mass is 218 g/mol. The Bertz CT molecular complexity index is 230. The highest BCUT2D eigenvalue weighted by Crippen LogP contribution is 2.38. The summed E-state index contributed by atoms with van der Waals surface area (Å²) in [4.78, 5) is 0. The van der Waals surface area contributed by atoms with Gasteiger partial charge in [-0.2, -0.15) is 0 Å². The molecule has 2 rings (SSSR count). The summed E-state index contributed by atoms with van der Waals surface area (Å²) in [6.07, 6.45) is -0.751. The summed E-state index contributed by atoms with van der Waals surface area (Å²) in [5, 5.41) is 0. The topological polar surface area (TPSA) is 46.2 Å². The van der Waals surface area contributed by atoms with Crippen LogP contribution in [0, 0.1) is 0 Å². The standard InChI is InChI=1S/C10H18O5/c1-10(2)14-7-6(5-11-3)13-9(12-4)8(7)15-10/h6-9H,5H2,1-4H3/t6-,7-,8-,9?/m1/s1. The van der Waals surface area contributed by atoms with Crippen LogP contribution < -0.4 is 0 Å². The minimum absolute atomic E-state index is 0.107. The van der Waals surface area contributed by atoms with E-state index in [1.807, 2.05) is 13.8 Å². The molecule has 0 bridgehead atoms. The molecule has 0 aromatic rings. The predicted octanol–water partition coefficient (Wildman–Crippen LogP) is 0.524. The van der Waals surface area contributed by atoms with Crippen molar-refractivity contribution in [2.45, 2.75) is 44.2 Å². The average molecular weight is 218 g/mol. The van der Waals surface area contributed by atoms with Gasteiger partial charge in [0.15, 0.2) is 12.1 Å². The molecule has 15 heavy (non-hydrogen) atoms. The summed E-state index contributed by atoms with van der Waals surface area (Å²) >= 11 is 0. The van der Waals surface area contributed by atoms with Crippen molar-refractivity contribution in [1.82, 2.24) is 0 Å². The molecule has 5 nitrogen and oxygen atoms in total. The highest BCUT2D eigenvalue weighted by molar-refractivity contribution is 4.94. The second-order valence-corrected chi connectivity index (χ2v) is 4.30. The fourth-order valence-corrected chi connectivity index (χ4v) is 2.13. The molecule has 2 saturated heterocycles. The average Bonchev–Trinajstić information content (AvgIpc) is 2.61. The molecule has 0 radical (unpaired) electrons. The van der Waals surface area contributed by atoms with Crippen LogP contribution in [0.25, 0.3) is 0 Å². The molecule has 0 aromatic carbocycles. The summed E-state index contributed by atoms with van der Waals surface area (Å²) in [7, 11) is 3.24. The van der Waals surface area contributed by atoms with Crippen molar-refractivity contribution in [3.05, 3.63) is 0 Å². The molecule has 4 atom stereocenters. The maximum absolute atomic E-state index is 5.76. The number of fused-ring (bicyclic) bond motifs is 1. The van der Waals surface area contributed by atoms with E-state index in [4.69, 9.17) is 23.7 Å². The lowest BCUT2D eigenvalue weighted by Gasteiger charge is -2.23. The molecule has 0 aliphatic carbocycles. The first-order valence-corrected chi connectivity index (χ1v) is 5.10. The molecule has 2 heterocycles. The lowest BCUT2D eigenvalue weighted by Crippen LogP contribution is -2.32. The van der Waals surface area contributed by atoms with Gasteiger partial charge in [0.05, 0.1) is 6.61 Å². The van der Waals surface area contributed by atoms with Crippen molar-refractivity contribution in [2.75, 3.05) is 20.8 Å². The number of methoxy groups -OCH3 is 2. The summed E-state index contributed by atoms with van der Waals surface area (Å²) in [5.41, 5.74) is 0. The van der Waals surface area contributed by atoms with Crippen molar-refractivity contribution in [2.24, 2.45) is 0 Å². The Morgan fingerprint density at radius 1 is 1.13 bits per heavy atom. The van der Waals surface area contributed by atoms with E-state index >= 15 is 0 Å². The first-order chi connectivity index (χ1) is 7.07. The van der Waals surface area contributed by atoms with Crippen molar-refractivity contribution in [3.8, 4) is 0 Å². The minimum Gasteiger partial charge on any atom is -0.382 e. The van der Waals surface area contributed by atoms with E-state index in [1.165, 1.54) is 0 Å². The molecular weight excluding hydrogens is 200 g/mol. The molecule has 0 amide bonds. The third kappa shape index (κ3) is 2.03. The molecule has 0 aromatic heterocycles. The zero-order chi connectivity index (χ0) is 11.1. The van der Waals surface area contributed by atoms with Crippen LogP contribution in [0.2, 0.25) is 0 Å². The molecule has 5 heteroatoms. The first-order valence-electron chi connectivity index (χ1n) is 5.10. The lowest BCUT2D eigenvalue weighted by molar-refractivity contribution is -0.231. The van der Waals surface area contributed by atoms with Gasteiger partial charge < -0.3 is 23.7 Å². The third-order valence-electron chi connectivity index (χ3n) is 2.67. The number of rotatable bonds is 3. The summed E-state index contributed by atoms with van der Waals surface area (Å²) in [6, 6.07) is 0. The molecular formula is C10H18O5. The first kappa shape index (κ1) is 11.3. The Kier molecular flexibility index (Phi) is 3.00. The number of hydrogen-bond donors (Lipinski definition) is 0. The Morgan fingerprint density at radius 3 is 2.40 bits per heavy atom. The fraction of sp³-hybridized carbons (Fsp3) is 1.00. The minimum atomic E-state index is -0.568. The molecule has 2 fully saturated rings. The van der Waals surface area contributed by atoms with Gasteiger partial charge in [-0.1, -0.05) is 0 Å². The van der Waals surface area contributed by atoms with Gasteiger partial charge in [0.1, 0.15) is 18.3 Å². The van der Waals surface area contributed by atoms with Gasteiger partial charge in [-0.15, -0.1) is 0 Å². The molecule has 0 N–H and O–H groups in total. The largest absolute Gasteiger partial charge is 0.382 e. The Labute approximate surface area is 89.6 Å². The van der Waals surface area contributed by atoms with Gasteiger partial charge in [-0.3, -0.25) is 0 Å². The van der Waals surface area contributed by atoms with Crippen LogP contribution in [0.4, 0.5) is 0 Å². The van der Waals surface area contributed by atoms with E-state index in [9.17, 15) is 0 Å². The van der Waals surface area contributed by atoms with Crippen molar-refractivity contribution in [1.29, 1.82) is 0 Å². The van der Waals surface area contributed by atoms with Crippen LogP contribution in [0.1, 0.15) is 13.8 Å². The number of hydrogen-bond acceptors (Lipinski definition) is 5. The van der Waals surface area contributed by atoms with Crippen LogP contribution in [0.5, 0.6) is 0 Å². The third-order valence-corrected chi connectivity index (χ3v) is 2.67. The van der Waals surface area contributed by atoms with E-state index in [0.717, 1.165) is 0 Å². The maximum atomic E-state index is 5.76. The zero-order valence-corrected chi connectivity index (χ0v) is 9.56. The van der Waals surface area contributed by atoms with Crippen molar-refractivity contribution < 1.29 is 23.7 Å². The van der Waals surface area contributed by atoms with Gasteiger partial charge in [0.2, 0.25) is 0 Å². The summed E-state index contributed by atoms with van der Waals surface area (Å²) in [5.74, 6) is -0.568. The van der Waals surface area contributed by atoms with Crippen molar-refractivity contribution in [3.63, 3.8) is 0 Å². The van der Waals surface area contributed by atoms with Gasteiger partial charge in [0, 0.05) is 14.2 Å². The molecule has 0 spiro atoms. The molecule has 1 unspecified atom stereocenters. The molecule has 0 saturated carbocycles.